The van der Waals surface area contributed by atoms with E-state index in [1.165, 1.54) is 12.4 Å². The molecule has 1 aromatic carbocycles. The van der Waals surface area contributed by atoms with Gasteiger partial charge in [0.15, 0.2) is 17.4 Å². The summed E-state index contributed by atoms with van der Waals surface area (Å²) in [6.45, 7) is 3.07. The van der Waals surface area contributed by atoms with Crippen LogP contribution in [0.25, 0.3) is 11.1 Å². The van der Waals surface area contributed by atoms with Crippen molar-refractivity contribution in [3.8, 4) is 16.9 Å². The lowest BCUT2D eigenvalue weighted by Crippen LogP contribution is -2.41. The van der Waals surface area contributed by atoms with Gasteiger partial charge in [-0.1, -0.05) is 0 Å². The molecule has 32 heavy (non-hydrogen) atoms. The van der Waals surface area contributed by atoms with Crippen LogP contribution in [0, 0.1) is 17.6 Å². The summed E-state index contributed by atoms with van der Waals surface area (Å²) in [4.78, 5) is 32.0. The number of hydrogen-bond donors (Lipinski definition) is 1. The Hall–Kier alpha value is -3.30. The van der Waals surface area contributed by atoms with E-state index in [0.717, 1.165) is 25.0 Å². The molecular formula is C22H23F2N3O5. The maximum absolute atomic E-state index is 14.5. The van der Waals surface area contributed by atoms with Crippen molar-refractivity contribution >= 4 is 12.1 Å². The van der Waals surface area contributed by atoms with E-state index in [9.17, 15) is 18.4 Å². The number of carboxylic acids is 1. The molecule has 8 nitrogen and oxygen atoms in total. The van der Waals surface area contributed by atoms with Gasteiger partial charge in [0.1, 0.15) is 5.60 Å². The molecule has 1 aliphatic heterocycles. The van der Waals surface area contributed by atoms with E-state index in [4.69, 9.17) is 14.6 Å². The van der Waals surface area contributed by atoms with Gasteiger partial charge in [-0.25, -0.2) is 28.3 Å². The third kappa shape index (κ3) is 4.95. The molecule has 0 atom stereocenters. The van der Waals surface area contributed by atoms with Crippen molar-refractivity contribution in [2.24, 2.45) is 5.92 Å². The minimum Gasteiger partial charge on any atom is -0.487 e. The first-order valence-corrected chi connectivity index (χ1v) is 10.4. The third-order valence-corrected chi connectivity index (χ3v) is 5.80. The highest BCUT2D eigenvalue weighted by Crippen LogP contribution is 2.39. The Morgan fingerprint density at radius 2 is 1.72 bits per heavy atom. The molecule has 2 aromatic rings. The van der Waals surface area contributed by atoms with Gasteiger partial charge in [-0.3, -0.25) is 0 Å². The molecule has 0 spiro atoms. The fourth-order valence-electron chi connectivity index (χ4n) is 3.49. The number of aromatic carboxylic acids is 1. The Kier molecular flexibility index (Phi) is 5.94. The van der Waals surface area contributed by atoms with Crippen molar-refractivity contribution in [3.63, 3.8) is 0 Å². The second-order valence-electron chi connectivity index (χ2n) is 8.43. The molecule has 2 fully saturated rings. The molecule has 1 aliphatic carbocycles. The minimum atomic E-state index is -1.29. The van der Waals surface area contributed by atoms with Crippen LogP contribution in [0.2, 0.25) is 0 Å². The largest absolute Gasteiger partial charge is 0.487 e. The fourth-order valence-corrected chi connectivity index (χ4v) is 3.49. The lowest BCUT2D eigenvalue weighted by molar-refractivity contribution is 0.0453. The molecule has 170 valence electrons. The van der Waals surface area contributed by atoms with E-state index >= 15 is 0 Å². The van der Waals surface area contributed by atoms with Crippen LogP contribution < -0.4 is 4.74 Å². The zero-order valence-electron chi connectivity index (χ0n) is 17.5. The van der Waals surface area contributed by atoms with Crippen LogP contribution in [-0.2, 0) is 4.74 Å². The third-order valence-electron chi connectivity index (χ3n) is 5.80. The second kappa shape index (κ2) is 8.68. The van der Waals surface area contributed by atoms with Crippen molar-refractivity contribution < 1.29 is 33.0 Å². The molecule has 1 amide bonds. The van der Waals surface area contributed by atoms with Crippen molar-refractivity contribution in [1.82, 2.24) is 14.9 Å². The maximum atomic E-state index is 14.5. The average molecular weight is 447 g/mol. The molecule has 4 rings (SSSR count). The number of benzene rings is 1. The van der Waals surface area contributed by atoms with Crippen LogP contribution >= 0.6 is 0 Å². The van der Waals surface area contributed by atoms with Crippen molar-refractivity contribution in [1.29, 1.82) is 0 Å². The Morgan fingerprint density at radius 3 is 2.25 bits per heavy atom. The Bertz CT molecular complexity index is 996. The molecule has 10 heteroatoms. The summed E-state index contributed by atoms with van der Waals surface area (Å²) in [5.41, 5.74) is 0.127. The number of carbonyl (C=O) groups excluding carboxylic acids is 1. The van der Waals surface area contributed by atoms with Crippen LogP contribution in [-0.4, -0.2) is 57.3 Å². The zero-order valence-corrected chi connectivity index (χ0v) is 17.5. The van der Waals surface area contributed by atoms with Gasteiger partial charge >= 0.3 is 12.1 Å². The summed E-state index contributed by atoms with van der Waals surface area (Å²) in [6, 6.07) is 2.18. The molecular weight excluding hydrogens is 424 g/mol. The number of piperidine rings is 1. The molecule has 1 N–H and O–H groups in total. The highest BCUT2D eigenvalue weighted by Gasteiger charge is 2.43. The van der Waals surface area contributed by atoms with Gasteiger partial charge in [-0.15, -0.1) is 0 Å². The summed E-state index contributed by atoms with van der Waals surface area (Å²) in [6.07, 6.45) is 5.15. The second-order valence-corrected chi connectivity index (χ2v) is 8.43. The average Bonchev–Trinajstić information content (AvgIpc) is 3.49. The standard InChI is InChI=1S/C22H23F2N3O5/c1-22(4-5-22)32-21(30)27-6-2-13(3-7-27)12-31-18-16(23)8-14(9-17(18)24)15-10-25-19(20(28)29)26-11-15/h8-11,13H,2-7,12H2,1H3,(H,28,29). The molecule has 0 radical (unpaired) electrons. The molecule has 1 aromatic heterocycles. The van der Waals surface area contributed by atoms with Gasteiger partial charge in [-0.2, -0.15) is 0 Å². The van der Waals surface area contributed by atoms with Gasteiger partial charge < -0.3 is 19.5 Å². The number of nitrogens with zero attached hydrogens (tertiary/aromatic N) is 3. The molecule has 1 saturated carbocycles. The first-order chi connectivity index (χ1) is 15.2. The van der Waals surface area contributed by atoms with Crippen LogP contribution in [0.1, 0.15) is 43.2 Å². The maximum Gasteiger partial charge on any atom is 0.410 e. The van der Waals surface area contributed by atoms with Gasteiger partial charge in [-0.05, 0) is 56.2 Å². The van der Waals surface area contributed by atoms with E-state index in [0.29, 0.717) is 25.9 Å². The van der Waals surface area contributed by atoms with E-state index in [1.54, 1.807) is 4.90 Å². The highest BCUT2D eigenvalue weighted by atomic mass is 19.1. The summed E-state index contributed by atoms with van der Waals surface area (Å²) in [5, 5.41) is 8.84. The van der Waals surface area contributed by atoms with E-state index in [1.807, 2.05) is 6.92 Å². The monoisotopic (exact) mass is 447 g/mol. The van der Waals surface area contributed by atoms with Crippen LogP contribution in [0.4, 0.5) is 13.6 Å². The smallest absolute Gasteiger partial charge is 0.410 e. The number of halogens is 2. The summed E-state index contributed by atoms with van der Waals surface area (Å²) < 4.78 is 40.0. The summed E-state index contributed by atoms with van der Waals surface area (Å²) in [7, 11) is 0. The van der Waals surface area contributed by atoms with Crippen LogP contribution in [0.3, 0.4) is 0 Å². The molecule has 0 bridgehead atoms. The van der Waals surface area contributed by atoms with Gasteiger partial charge in [0, 0.05) is 31.0 Å². The molecule has 2 heterocycles. The predicted molar refractivity (Wildman–Crippen MR) is 108 cm³/mol. The number of ether oxygens (including phenoxy) is 2. The molecule has 1 saturated heterocycles. The quantitative estimate of drug-likeness (QED) is 0.717. The number of amides is 1. The van der Waals surface area contributed by atoms with Crippen molar-refractivity contribution in [3.05, 3.63) is 42.0 Å². The summed E-state index contributed by atoms with van der Waals surface area (Å²) in [5.74, 6) is -3.86. The van der Waals surface area contributed by atoms with Crippen LogP contribution in [0.15, 0.2) is 24.5 Å². The van der Waals surface area contributed by atoms with E-state index in [2.05, 4.69) is 9.97 Å². The minimum absolute atomic E-state index is 0.0611. The van der Waals surface area contributed by atoms with E-state index < -0.39 is 29.2 Å². The normalized spacial score (nSPS) is 17.7. The first-order valence-electron chi connectivity index (χ1n) is 10.4. The van der Waals surface area contributed by atoms with Gasteiger partial charge in [0.25, 0.3) is 0 Å². The zero-order chi connectivity index (χ0) is 22.9. The summed E-state index contributed by atoms with van der Waals surface area (Å²) >= 11 is 0. The number of hydrogen-bond acceptors (Lipinski definition) is 6. The number of carbonyl (C=O) groups is 2. The van der Waals surface area contributed by atoms with Crippen molar-refractivity contribution in [2.75, 3.05) is 19.7 Å². The number of aromatic nitrogens is 2. The highest BCUT2D eigenvalue weighted by molar-refractivity contribution is 5.83. The lowest BCUT2D eigenvalue weighted by atomic mass is 9.98. The molecule has 2 aliphatic rings. The Labute approximate surface area is 183 Å². The SMILES string of the molecule is CC1(OC(=O)N2CCC(COc3c(F)cc(-c4cnc(C(=O)O)nc4)cc3F)CC2)CC1. The number of rotatable bonds is 6. The van der Waals surface area contributed by atoms with E-state index in [-0.39, 0.29) is 35.3 Å². The fraction of sp³-hybridized carbons (Fsp3) is 0.455. The van der Waals surface area contributed by atoms with Gasteiger partial charge in [0.05, 0.1) is 6.61 Å². The van der Waals surface area contributed by atoms with Gasteiger partial charge in [0.2, 0.25) is 5.82 Å². The molecule has 0 unspecified atom stereocenters. The Balaban J connectivity index is 1.33. The predicted octanol–water partition coefficient (Wildman–Crippen LogP) is 3.90. The Morgan fingerprint density at radius 1 is 1.12 bits per heavy atom. The lowest BCUT2D eigenvalue weighted by Gasteiger charge is -2.32. The first kappa shape index (κ1) is 21.9. The number of likely N-dealkylation sites (tertiary alicyclic amines) is 1. The number of carboxylic acid groups (broad SMARTS) is 1. The van der Waals surface area contributed by atoms with Crippen molar-refractivity contribution in [2.45, 2.75) is 38.2 Å². The topological polar surface area (TPSA) is 102 Å². The van der Waals surface area contributed by atoms with Crippen LogP contribution in [0.5, 0.6) is 5.75 Å².